The van der Waals surface area contributed by atoms with Crippen LogP contribution in [0.4, 0.5) is 0 Å². The summed E-state index contributed by atoms with van der Waals surface area (Å²) in [5, 5.41) is 9.94. The number of ketones is 1. The third kappa shape index (κ3) is 5.27. The summed E-state index contributed by atoms with van der Waals surface area (Å²) >= 11 is 0. The highest BCUT2D eigenvalue weighted by molar-refractivity contribution is 5.90. The number of nitro groups is 1. The third-order valence-electron chi connectivity index (χ3n) is 2.40. The normalized spacial score (nSPS) is 18.1. The van der Waals surface area contributed by atoms with Crippen molar-refractivity contribution in [2.75, 3.05) is 6.61 Å². The van der Waals surface area contributed by atoms with Crippen molar-refractivity contribution in [3.63, 3.8) is 0 Å². The van der Waals surface area contributed by atoms with Crippen molar-refractivity contribution in [1.82, 2.24) is 0 Å². The average Bonchev–Trinajstić information content (AvgIpc) is 2.25. The molecular formula is C10H15NO4. The minimum absolute atomic E-state index is 0.0466. The Labute approximate surface area is 88.3 Å². The molecule has 0 aromatic heterocycles. The molecule has 0 saturated heterocycles. The molecule has 0 amide bonds. The highest BCUT2D eigenvalue weighted by atomic mass is 16.6. The molecule has 0 radical (unpaired) electrons. The van der Waals surface area contributed by atoms with E-state index in [2.05, 4.69) is 0 Å². The molecule has 1 saturated carbocycles. The van der Waals surface area contributed by atoms with Crippen LogP contribution < -0.4 is 0 Å². The van der Waals surface area contributed by atoms with Gasteiger partial charge in [0.05, 0.1) is 17.1 Å². The SMILES string of the molecule is O=C(/C=C/[N+](=O)[O-])COC1CCCCC1. The largest absolute Gasteiger partial charge is 0.370 e. The molecule has 0 bridgehead atoms. The number of carbonyl (C=O) groups is 1. The molecule has 5 heteroatoms. The summed E-state index contributed by atoms with van der Waals surface area (Å²) in [6.45, 7) is -0.0466. The van der Waals surface area contributed by atoms with Crippen LogP contribution in [0.5, 0.6) is 0 Å². The van der Waals surface area contributed by atoms with Crippen LogP contribution in [0, 0.1) is 10.1 Å². The first-order valence-electron chi connectivity index (χ1n) is 5.14. The van der Waals surface area contributed by atoms with Crippen molar-refractivity contribution in [2.24, 2.45) is 0 Å². The van der Waals surface area contributed by atoms with Crippen molar-refractivity contribution >= 4 is 5.78 Å². The van der Waals surface area contributed by atoms with E-state index in [0.29, 0.717) is 6.20 Å². The van der Waals surface area contributed by atoms with Gasteiger partial charge in [0.25, 0.3) is 0 Å². The van der Waals surface area contributed by atoms with Gasteiger partial charge in [0.1, 0.15) is 6.61 Å². The Morgan fingerprint density at radius 1 is 1.40 bits per heavy atom. The molecule has 1 aliphatic rings. The van der Waals surface area contributed by atoms with Crippen molar-refractivity contribution in [3.8, 4) is 0 Å². The van der Waals surface area contributed by atoms with E-state index < -0.39 is 4.92 Å². The molecule has 1 rings (SSSR count). The number of hydrogen-bond donors (Lipinski definition) is 0. The monoisotopic (exact) mass is 213 g/mol. The quantitative estimate of drug-likeness (QED) is 0.396. The fourth-order valence-electron chi connectivity index (χ4n) is 1.62. The molecule has 1 fully saturated rings. The summed E-state index contributed by atoms with van der Waals surface area (Å²) in [6, 6.07) is 0. The van der Waals surface area contributed by atoms with Gasteiger partial charge in [0.2, 0.25) is 6.20 Å². The molecule has 15 heavy (non-hydrogen) atoms. The highest BCUT2D eigenvalue weighted by Crippen LogP contribution is 2.19. The van der Waals surface area contributed by atoms with Gasteiger partial charge in [-0.05, 0) is 12.8 Å². The Morgan fingerprint density at radius 3 is 2.67 bits per heavy atom. The predicted octanol–water partition coefficient (Wildman–Crippen LogP) is 1.70. The Kier molecular flexibility index (Phi) is 4.97. The maximum Gasteiger partial charge on any atom is 0.238 e. The lowest BCUT2D eigenvalue weighted by atomic mass is 9.98. The molecule has 0 aliphatic heterocycles. The molecule has 0 spiro atoms. The average molecular weight is 213 g/mol. The van der Waals surface area contributed by atoms with Gasteiger partial charge >= 0.3 is 0 Å². The van der Waals surface area contributed by atoms with Gasteiger partial charge in [-0.3, -0.25) is 14.9 Å². The summed E-state index contributed by atoms with van der Waals surface area (Å²) in [7, 11) is 0. The number of rotatable bonds is 5. The van der Waals surface area contributed by atoms with E-state index >= 15 is 0 Å². The lowest BCUT2D eigenvalue weighted by molar-refractivity contribution is -0.402. The second-order valence-electron chi connectivity index (χ2n) is 3.64. The van der Waals surface area contributed by atoms with Crippen molar-refractivity contribution in [3.05, 3.63) is 22.4 Å². The zero-order chi connectivity index (χ0) is 11.1. The summed E-state index contributed by atoms with van der Waals surface area (Å²) in [4.78, 5) is 20.4. The molecule has 1 aliphatic carbocycles. The van der Waals surface area contributed by atoms with Gasteiger partial charge in [-0.2, -0.15) is 0 Å². The van der Waals surface area contributed by atoms with E-state index in [-0.39, 0.29) is 18.5 Å². The maximum absolute atomic E-state index is 11.1. The second-order valence-corrected chi connectivity index (χ2v) is 3.64. The van der Waals surface area contributed by atoms with Crippen LogP contribution in [0.25, 0.3) is 0 Å². The Morgan fingerprint density at radius 2 is 2.07 bits per heavy atom. The van der Waals surface area contributed by atoms with E-state index in [4.69, 9.17) is 4.74 Å². The number of nitrogens with zero attached hydrogens (tertiary/aromatic N) is 1. The van der Waals surface area contributed by atoms with Crippen molar-refractivity contribution in [2.45, 2.75) is 38.2 Å². The van der Waals surface area contributed by atoms with Crippen LogP contribution in [0.3, 0.4) is 0 Å². The molecule has 0 aromatic carbocycles. The minimum Gasteiger partial charge on any atom is -0.370 e. The van der Waals surface area contributed by atoms with Crippen LogP contribution >= 0.6 is 0 Å². The zero-order valence-electron chi connectivity index (χ0n) is 8.55. The van der Waals surface area contributed by atoms with Crippen molar-refractivity contribution < 1.29 is 14.5 Å². The standard InChI is InChI=1S/C10H15NO4/c12-9(6-7-11(13)14)8-15-10-4-2-1-3-5-10/h6-7,10H,1-5,8H2/b7-6+. The molecule has 0 aromatic rings. The van der Waals surface area contributed by atoms with Crippen LogP contribution in [0.15, 0.2) is 12.3 Å². The highest BCUT2D eigenvalue weighted by Gasteiger charge is 2.14. The molecule has 0 unspecified atom stereocenters. The van der Waals surface area contributed by atoms with Gasteiger partial charge in [0.15, 0.2) is 5.78 Å². The molecule has 5 nitrogen and oxygen atoms in total. The van der Waals surface area contributed by atoms with Gasteiger partial charge in [-0.15, -0.1) is 0 Å². The first kappa shape index (κ1) is 11.8. The Balaban J connectivity index is 2.18. The van der Waals surface area contributed by atoms with Crippen LogP contribution in [0.2, 0.25) is 0 Å². The Bertz CT molecular complexity index is 256. The minimum atomic E-state index is -0.654. The lowest BCUT2D eigenvalue weighted by Gasteiger charge is -2.21. The molecule has 0 atom stereocenters. The second kappa shape index (κ2) is 6.29. The number of ether oxygens (including phenoxy) is 1. The lowest BCUT2D eigenvalue weighted by Crippen LogP contribution is -2.20. The number of hydrogen-bond acceptors (Lipinski definition) is 4. The summed E-state index contributed by atoms with van der Waals surface area (Å²) in [5.41, 5.74) is 0. The Hall–Kier alpha value is -1.23. The zero-order valence-corrected chi connectivity index (χ0v) is 8.55. The first-order valence-corrected chi connectivity index (χ1v) is 5.14. The van der Waals surface area contributed by atoms with Gasteiger partial charge in [0, 0.05) is 0 Å². The fourth-order valence-corrected chi connectivity index (χ4v) is 1.62. The van der Waals surface area contributed by atoms with Gasteiger partial charge in [-0.25, -0.2) is 0 Å². The smallest absolute Gasteiger partial charge is 0.238 e. The summed E-state index contributed by atoms with van der Waals surface area (Å²) < 4.78 is 5.35. The fraction of sp³-hybridized carbons (Fsp3) is 0.700. The van der Waals surface area contributed by atoms with Gasteiger partial charge < -0.3 is 4.74 Å². The van der Waals surface area contributed by atoms with Crippen LogP contribution in [0.1, 0.15) is 32.1 Å². The number of carbonyl (C=O) groups excluding carboxylic acids is 1. The maximum atomic E-state index is 11.1. The summed E-state index contributed by atoms with van der Waals surface area (Å²) in [6.07, 6.45) is 7.25. The summed E-state index contributed by atoms with van der Waals surface area (Å²) in [5.74, 6) is -0.350. The molecule has 0 N–H and O–H groups in total. The topological polar surface area (TPSA) is 69.4 Å². The first-order chi connectivity index (χ1) is 7.18. The van der Waals surface area contributed by atoms with E-state index in [1.54, 1.807) is 0 Å². The van der Waals surface area contributed by atoms with Crippen molar-refractivity contribution in [1.29, 1.82) is 0 Å². The molecular weight excluding hydrogens is 198 g/mol. The third-order valence-corrected chi connectivity index (χ3v) is 2.40. The van der Waals surface area contributed by atoms with Crippen LogP contribution in [-0.2, 0) is 9.53 Å². The van der Waals surface area contributed by atoms with E-state index in [1.807, 2.05) is 0 Å². The molecule has 84 valence electrons. The van der Waals surface area contributed by atoms with E-state index in [1.165, 1.54) is 6.42 Å². The van der Waals surface area contributed by atoms with Gasteiger partial charge in [-0.1, -0.05) is 19.3 Å². The predicted molar refractivity (Wildman–Crippen MR) is 54.0 cm³/mol. The van der Waals surface area contributed by atoms with E-state index in [0.717, 1.165) is 31.8 Å². The van der Waals surface area contributed by atoms with Crippen LogP contribution in [-0.4, -0.2) is 23.4 Å². The van der Waals surface area contributed by atoms with E-state index in [9.17, 15) is 14.9 Å². The molecule has 0 heterocycles.